The Morgan fingerprint density at radius 2 is 1.88 bits per heavy atom. The Kier molecular flexibility index (Phi) is 8.07. The normalized spacial score (nSPS) is 11.0. The van der Waals surface area contributed by atoms with Crippen LogP contribution in [-0.2, 0) is 4.74 Å². The maximum atomic E-state index is 14.7. The Morgan fingerprint density at radius 3 is 2.65 bits per heavy atom. The molecule has 0 radical (unpaired) electrons. The van der Waals surface area contributed by atoms with E-state index in [1.54, 1.807) is 6.07 Å². The molecule has 4 heterocycles. The van der Waals surface area contributed by atoms with E-state index in [0.29, 0.717) is 43.8 Å². The lowest BCUT2D eigenvalue weighted by Crippen LogP contribution is -2.18. The van der Waals surface area contributed by atoms with E-state index in [1.165, 1.54) is 43.0 Å². The van der Waals surface area contributed by atoms with Gasteiger partial charge < -0.3 is 24.1 Å². The Morgan fingerprint density at radius 1 is 1.00 bits per heavy atom. The fourth-order valence-electron chi connectivity index (χ4n) is 3.67. The molecule has 0 aliphatic rings. The molecule has 0 bridgehead atoms. The van der Waals surface area contributed by atoms with Crippen LogP contribution in [0.5, 0.6) is 17.6 Å². The van der Waals surface area contributed by atoms with Gasteiger partial charge in [-0.1, -0.05) is 11.3 Å². The number of thiazole rings is 1. The second-order valence-corrected chi connectivity index (χ2v) is 9.26. The van der Waals surface area contributed by atoms with Gasteiger partial charge in [0, 0.05) is 17.7 Å². The van der Waals surface area contributed by atoms with Crippen LogP contribution in [0.4, 0.5) is 14.9 Å². The minimum atomic E-state index is -0.739. The van der Waals surface area contributed by atoms with Crippen molar-refractivity contribution in [3.8, 4) is 28.2 Å². The SMILES string of the molecule is COc1cnc2c(-c3nc4cc(F)c(OCCOC(=O)Nc5ccc(OCCO)nc5)nc4s3)cc(C)cc2n1. The van der Waals surface area contributed by atoms with Crippen molar-refractivity contribution in [2.75, 3.05) is 38.9 Å². The van der Waals surface area contributed by atoms with Crippen LogP contribution in [-0.4, -0.2) is 69.7 Å². The van der Waals surface area contributed by atoms with Crippen molar-refractivity contribution < 1.29 is 33.2 Å². The summed E-state index contributed by atoms with van der Waals surface area (Å²) in [6.45, 7) is 1.64. The van der Waals surface area contributed by atoms with Gasteiger partial charge in [-0.2, -0.15) is 4.98 Å². The molecule has 40 heavy (non-hydrogen) atoms. The van der Waals surface area contributed by atoms with Gasteiger partial charge >= 0.3 is 6.09 Å². The van der Waals surface area contributed by atoms with E-state index in [1.807, 2.05) is 19.1 Å². The summed E-state index contributed by atoms with van der Waals surface area (Å²) in [5, 5.41) is 11.9. The molecule has 4 aromatic heterocycles. The summed E-state index contributed by atoms with van der Waals surface area (Å²) >= 11 is 1.27. The lowest BCUT2D eigenvalue weighted by molar-refractivity contribution is 0.135. The molecule has 0 fully saturated rings. The monoisotopic (exact) mass is 566 g/mol. The van der Waals surface area contributed by atoms with E-state index in [9.17, 15) is 9.18 Å². The first-order chi connectivity index (χ1) is 19.4. The summed E-state index contributed by atoms with van der Waals surface area (Å²) in [7, 11) is 1.52. The van der Waals surface area contributed by atoms with Gasteiger partial charge in [0.2, 0.25) is 11.8 Å². The molecule has 2 N–H and O–H groups in total. The van der Waals surface area contributed by atoms with Gasteiger partial charge in [-0.3, -0.25) is 5.32 Å². The first-order valence-electron chi connectivity index (χ1n) is 12.0. The predicted octanol–water partition coefficient (Wildman–Crippen LogP) is 4.15. The number of aromatic nitrogens is 5. The number of amides is 1. The lowest BCUT2D eigenvalue weighted by atomic mass is 10.1. The number of nitrogens with zero attached hydrogens (tertiary/aromatic N) is 5. The maximum absolute atomic E-state index is 14.7. The molecule has 1 amide bonds. The molecule has 0 saturated heterocycles. The van der Waals surface area contributed by atoms with Crippen LogP contribution in [0.2, 0.25) is 0 Å². The predicted molar refractivity (Wildman–Crippen MR) is 144 cm³/mol. The van der Waals surface area contributed by atoms with Crippen LogP contribution >= 0.6 is 11.3 Å². The number of rotatable bonds is 10. The Balaban J connectivity index is 1.22. The first kappa shape index (κ1) is 26.9. The Labute approximate surface area is 230 Å². The second kappa shape index (κ2) is 12.0. The molecule has 0 atom stereocenters. The molecule has 0 spiro atoms. The molecule has 14 heteroatoms. The molecule has 206 valence electrons. The summed E-state index contributed by atoms with van der Waals surface area (Å²) < 4.78 is 35.5. The molecule has 0 aliphatic carbocycles. The number of hydrogen-bond acceptors (Lipinski definition) is 12. The number of aryl methyl sites for hydroxylation is 1. The van der Waals surface area contributed by atoms with Crippen molar-refractivity contribution in [1.82, 2.24) is 24.9 Å². The topological polar surface area (TPSA) is 151 Å². The highest BCUT2D eigenvalue weighted by atomic mass is 32.1. The maximum Gasteiger partial charge on any atom is 0.411 e. The standard InChI is InChI=1S/C26H23FN6O6S/c1-14-9-16(22-18(10-14)31-21(36-2)13-29-22)24-32-19-11-17(27)23(33-25(19)40-24)38-7-8-39-26(35)30-15-3-4-20(28-12-15)37-6-5-34/h3-4,9-13,34H,5-8H2,1-2H3,(H,30,35). The zero-order valence-corrected chi connectivity index (χ0v) is 22.2. The molecule has 12 nitrogen and oxygen atoms in total. The largest absolute Gasteiger partial charge is 0.480 e. The van der Waals surface area contributed by atoms with Crippen molar-refractivity contribution in [2.45, 2.75) is 6.92 Å². The van der Waals surface area contributed by atoms with E-state index in [2.05, 4.69) is 30.2 Å². The fourth-order valence-corrected chi connectivity index (χ4v) is 4.60. The summed E-state index contributed by atoms with van der Waals surface area (Å²) in [6.07, 6.45) is 2.17. The third-order valence-corrected chi connectivity index (χ3v) is 6.39. The fraction of sp³-hybridized carbons (Fsp3) is 0.231. The van der Waals surface area contributed by atoms with E-state index in [4.69, 9.17) is 24.1 Å². The quantitative estimate of drug-likeness (QED) is 0.235. The molecule has 0 unspecified atom stereocenters. The third kappa shape index (κ3) is 6.13. The minimum Gasteiger partial charge on any atom is -0.480 e. The summed E-state index contributed by atoms with van der Waals surface area (Å²) in [4.78, 5) is 34.2. The van der Waals surface area contributed by atoms with Crippen molar-refractivity contribution in [3.05, 3.63) is 54.1 Å². The number of carbonyl (C=O) groups is 1. The van der Waals surface area contributed by atoms with Crippen LogP contribution in [0.25, 0.3) is 32.0 Å². The number of methoxy groups -OCH3 is 1. The Hall–Kier alpha value is -4.69. The minimum absolute atomic E-state index is 0.115. The average molecular weight is 567 g/mol. The summed E-state index contributed by atoms with van der Waals surface area (Å²) in [6, 6.07) is 8.19. The van der Waals surface area contributed by atoms with E-state index >= 15 is 0 Å². The van der Waals surface area contributed by atoms with Gasteiger partial charge in [-0.25, -0.2) is 29.1 Å². The molecular formula is C26H23FN6O6S. The van der Waals surface area contributed by atoms with Crippen LogP contribution in [0.15, 0.2) is 42.7 Å². The summed E-state index contributed by atoms with van der Waals surface area (Å²) in [5.41, 5.74) is 3.75. The molecule has 0 aliphatic heterocycles. The number of ether oxygens (including phenoxy) is 4. The van der Waals surface area contributed by atoms with Crippen molar-refractivity contribution in [3.63, 3.8) is 0 Å². The van der Waals surface area contributed by atoms with Crippen LogP contribution in [0, 0.1) is 12.7 Å². The number of nitrogens with one attached hydrogen (secondary N) is 1. The second-order valence-electron chi connectivity index (χ2n) is 8.28. The molecule has 1 aromatic carbocycles. The number of carbonyl (C=O) groups excluding carboxylic acids is 1. The van der Waals surface area contributed by atoms with E-state index < -0.39 is 11.9 Å². The average Bonchev–Trinajstić information content (AvgIpc) is 3.36. The summed E-state index contributed by atoms with van der Waals surface area (Å²) in [5.74, 6) is -0.214. The van der Waals surface area contributed by atoms with Crippen molar-refractivity contribution >= 4 is 44.5 Å². The van der Waals surface area contributed by atoms with Gasteiger partial charge in [0.25, 0.3) is 5.88 Å². The van der Waals surface area contributed by atoms with E-state index in [0.717, 1.165) is 11.1 Å². The number of pyridine rings is 2. The number of aliphatic hydroxyl groups excluding tert-OH is 1. The molecule has 0 saturated carbocycles. The van der Waals surface area contributed by atoms with Crippen LogP contribution in [0.3, 0.4) is 0 Å². The highest BCUT2D eigenvalue weighted by Gasteiger charge is 2.17. The zero-order valence-electron chi connectivity index (χ0n) is 21.4. The Bertz CT molecular complexity index is 1670. The number of benzene rings is 1. The number of halogens is 1. The third-order valence-electron chi connectivity index (χ3n) is 5.39. The van der Waals surface area contributed by atoms with Gasteiger partial charge in [0.1, 0.15) is 35.2 Å². The molecule has 5 rings (SSSR count). The van der Waals surface area contributed by atoms with Gasteiger partial charge in [-0.15, -0.1) is 0 Å². The van der Waals surface area contributed by atoms with Crippen LogP contribution < -0.4 is 19.5 Å². The number of hydrogen-bond donors (Lipinski definition) is 2. The van der Waals surface area contributed by atoms with Crippen molar-refractivity contribution in [1.29, 1.82) is 0 Å². The highest BCUT2D eigenvalue weighted by Crippen LogP contribution is 2.35. The van der Waals surface area contributed by atoms with Crippen LogP contribution in [0.1, 0.15) is 5.56 Å². The highest BCUT2D eigenvalue weighted by molar-refractivity contribution is 7.21. The number of fused-ring (bicyclic) bond motifs is 2. The zero-order chi connectivity index (χ0) is 28.1. The molecule has 5 aromatic rings. The first-order valence-corrected chi connectivity index (χ1v) is 12.8. The van der Waals surface area contributed by atoms with Gasteiger partial charge in [-0.05, 0) is 30.7 Å². The smallest absolute Gasteiger partial charge is 0.411 e. The lowest BCUT2D eigenvalue weighted by Gasteiger charge is -2.09. The number of anilines is 1. The molecular weight excluding hydrogens is 543 g/mol. The van der Waals surface area contributed by atoms with Gasteiger partial charge in [0.05, 0.1) is 42.8 Å². The van der Waals surface area contributed by atoms with Crippen molar-refractivity contribution in [2.24, 2.45) is 0 Å². The number of aliphatic hydroxyl groups is 1. The van der Waals surface area contributed by atoms with E-state index in [-0.39, 0.29) is 32.3 Å². The van der Waals surface area contributed by atoms with Gasteiger partial charge in [0.15, 0.2) is 5.82 Å².